The summed E-state index contributed by atoms with van der Waals surface area (Å²) >= 11 is 1.54. The van der Waals surface area contributed by atoms with Crippen LogP contribution in [0.4, 0.5) is 0 Å². The Morgan fingerprint density at radius 2 is 2.25 bits per heavy atom. The van der Waals surface area contributed by atoms with E-state index < -0.39 is 0 Å². The number of hydrogen-bond donors (Lipinski definition) is 1. The largest absolute Gasteiger partial charge is 0.393 e. The summed E-state index contributed by atoms with van der Waals surface area (Å²) in [6.45, 7) is 4.67. The number of hydrogen-bond acceptors (Lipinski definition) is 7. The van der Waals surface area contributed by atoms with Crippen molar-refractivity contribution in [1.82, 2.24) is 19.9 Å². The lowest BCUT2D eigenvalue weighted by Gasteiger charge is -2.28. The molecule has 7 nitrogen and oxygen atoms in total. The first-order chi connectivity index (χ1) is 11.5. The van der Waals surface area contributed by atoms with Gasteiger partial charge in [-0.25, -0.2) is 4.98 Å². The van der Waals surface area contributed by atoms with Gasteiger partial charge in [-0.2, -0.15) is 0 Å². The molecule has 1 aliphatic heterocycles. The molecular formula is C16H22N4O3S. The van der Waals surface area contributed by atoms with Crippen LogP contribution in [-0.4, -0.2) is 57.2 Å². The van der Waals surface area contributed by atoms with Crippen molar-refractivity contribution in [3.63, 3.8) is 0 Å². The summed E-state index contributed by atoms with van der Waals surface area (Å²) in [7, 11) is 1.74. The van der Waals surface area contributed by atoms with Crippen LogP contribution in [0.1, 0.15) is 39.8 Å². The first-order valence-corrected chi connectivity index (χ1v) is 8.91. The summed E-state index contributed by atoms with van der Waals surface area (Å²) in [5.74, 6) is 0.500. The van der Waals surface area contributed by atoms with E-state index in [0.717, 1.165) is 36.6 Å². The van der Waals surface area contributed by atoms with E-state index in [1.54, 1.807) is 29.4 Å². The lowest BCUT2D eigenvalue weighted by Crippen LogP contribution is -2.35. The van der Waals surface area contributed by atoms with Gasteiger partial charge < -0.3 is 14.5 Å². The van der Waals surface area contributed by atoms with Crippen molar-refractivity contribution >= 4 is 17.2 Å². The van der Waals surface area contributed by atoms with Gasteiger partial charge in [0.25, 0.3) is 5.91 Å². The second-order valence-electron chi connectivity index (χ2n) is 6.23. The van der Waals surface area contributed by atoms with Crippen molar-refractivity contribution in [2.75, 3.05) is 20.1 Å². The van der Waals surface area contributed by atoms with E-state index >= 15 is 0 Å². The summed E-state index contributed by atoms with van der Waals surface area (Å²) in [5, 5.41) is 16.3. The number of nitrogens with zero attached hydrogens (tertiary/aromatic N) is 4. The van der Waals surface area contributed by atoms with Gasteiger partial charge in [-0.1, -0.05) is 5.16 Å². The molecule has 3 rings (SSSR count). The summed E-state index contributed by atoms with van der Waals surface area (Å²) in [4.78, 5) is 20.6. The third kappa shape index (κ3) is 4.19. The van der Waals surface area contributed by atoms with Crippen LogP contribution in [0.2, 0.25) is 0 Å². The minimum atomic E-state index is -0.198. The average molecular weight is 350 g/mol. The van der Waals surface area contributed by atoms with Gasteiger partial charge in [0.1, 0.15) is 5.01 Å². The highest BCUT2D eigenvalue weighted by Gasteiger charge is 2.21. The highest BCUT2D eigenvalue weighted by molar-refractivity contribution is 7.09. The van der Waals surface area contributed by atoms with E-state index in [1.807, 2.05) is 12.3 Å². The fourth-order valence-electron chi connectivity index (χ4n) is 2.73. The molecule has 130 valence electrons. The molecule has 8 heteroatoms. The molecule has 0 radical (unpaired) electrons. The monoisotopic (exact) mass is 350 g/mol. The Bertz CT molecular complexity index is 691. The Hall–Kier alpha value is -1.77. The summed E-state index contributed by atoms with van der Waals surface area (Å²) in [5.41, 5.74) is 1.28. The molecule has 1 saturated heterocycles. The van der Waals surface area contributed by atoms with Gasteiger partial charge in [0.05, 0.1) is 19.2 Å². The fourth-order valence-corrected chi connectivity index (χ4v) is 3.56. The number of aliphatic hydroxyl groups excluding tert-OH is 1. The van der Waals surface area contributed by atoms with Crippen molar-refractivity contribution in [2.24, 2.45) is 0 Å². The standard InChI is InChI=1S/C16H22N4O3S/c1-11-10-24-15(17-11)9-19(2)16(22)14-7-13(23-18-14)8-20-5-3-12(21)4-6-20/h7,10,12,21H,3-6,8-9H2,1-2H3. The maximum absolute atomic E-state index is 12.4. The number of aryl methyl sites for hydroxylation is 1. The molecule has 0 aromatic carbocycles. The van der Waals surface area contributed by atoms with E-state index in [9.17, 15) is 9.90 Å². The predicted octanol–water partition coefficient (Wildman–Crippen LogP) is 1.67. The number of carbonyl (C=O) groups excluding carboxylic acids is 1. The smallest absolute Gasteiger partial charge is 0.276 e. The number of carbonyl (C=O) groups is 1. The average Bonchev–Trinajstić information content (AvgIpc) is 3.18. The summed E-state index contributed by atoms with van der Waals surface area (Å²) in [6, 6.07) is 1.71. The SMILES string of the molecule is Cc1csc(CN(C)C(=O)c2cc(CN3CCC(O)CC3)on2)n1. The Morgan fingerprint density at radius 1 is 1.50 bits per heavy atom. The van der Waals surface area contributed by atoms with Gasteiger partial charge in [0, 0.05) is 37.3 Å². The van der Waals surface area contributed by atoms with Crippen molar-refractivity contribution < 1.29 is 14.4 Å². The van der Waals surface area contributed by atoms with E-state index in [2.05, 4.69) is 15.0 Å². The van der Waals surface area contributed by atoms with Gasteiger partial charge >= 0.3 is 0 Å². The zero-order valence-corrected chi connectivity index (χ0v) is 14.8. The number of likely N-dealkylation sites (tertiary alicyclic amines) is 1. The van der Waals surface area contributed by atoms with Crippen LogP contribution in [0.3, 0.4) is 0 Å². The van der Waals surface area contributed by atoms with Crippen molar-refractivity contribution in [2.45, 2.75) is 39.0 Å². The van der Waals surface area contributed by atoms with Gasteiger partial charge in [0.2, 0.25) is 0 Å². The van der Waals surface area contributed by atoms with Gasteiger partial charge in [0.15, 0.2) is 11.5 Å². The van der Waals surface area contributed by atoms with Crippen molar-refractivity contribution in [3.8, 4) is 0 Å². The summed E-state index contributed by atoms with van der Waals surface area (Å²) < 4.78 is 5.31. The molecule has 1 aliphatic rings. The van der Waals surface area contributed by atoms with Crippen LogP contribution >= 0.6 is 11.3 Å². The fraction of sp³-hybridized carbons (Fsp3) is 0.562. The van der Waals surface area contributed by atoms with Crippen molar-refractivity contribution in [3.05, 3.63) is 33.6 Å². The number of thiazole rings is 1. The van der Waals surface area contributed by atoms with E-state index in [0.29, 0.717) is 24.5 Å². The highest BCUT2D eigenvalue weighted by Crippen LogP contribution is 2.16. The number of rotatable bonds is 5. The maximum Gasteiger partial charge on any atom is 0.276 e. The third-order valence-electron chi connectivity index (χ3n) is 4.10. The zero-order chi connectivity index (χ0) is 17.1. The highest BCUT2D eigenvalue weighted by atomic mass is 32.1. The molecule has 1 amide bonds. The number of amides is 1. The minimum Gasteiger partial charge on any atom is -0.393 e. The molecule has 1 fully saturated rings. The van der Waals surface area contributed by atoms with Crippen LogP contribution in [0.25, 0.3) is 0 Å². The molecular weight excluding hydrogens is 328 g/mol. The molecule has 0 aliphatic carbocycles. The second kappa shape index (κ2) is 7.42. The number of aliphatic hydroxyl groups is 1. The lowest BCUT2D eigenvalue weighted by molar-refractivity contribution is 0.0743. The topological polar surface area (TPSA) is 82.7 Å². The molecule has 0 spiro atoms. The Labute approximate surface area is 144 Å². The minimum absolute atomic E-state index is 0.174. The van der Waals surface area contributed by atoms with E-state index in [4.69, 9.17) is 4.52 Å². The molecule has 0 saturated carbocycles. The van der Waals surface area contributed by atoms with Gasteiger partial charge in [-0.15, -0.1) is 11.3 Å². The Morgan fingerprint density at radius 3 is 2.92 bits per heavy atom. The molecule has 2 aromatic rings. The number of aromatic nitrogens is 2. The molecule has 0 bridgehead atoms. The summed E-state index contributed by atoms with van der Waals surface area (Å²) in [6.07, 6.45) is 1.35. The van der Waals surface area contributed by atoms with E-state index in [1.165, 1.54) is 0 Å². The number of piperidine rings is 1. The Balaban J connectivity index is 1.56. The normalized spacial score (nSPS) is 16.5. The first kappa shape index (κ1) is 17.1. The molecule has 24 heavy (non-hydrogen) atoms. The predicted molar refractivity (Wildman–Crippen MR) is 89.7 cm³/mol. The van der Waals surface area contributed by atoms with E-state index in [-0.39, 0.29) is 12.0 Å². The first-order valence-electron chi connectivity index (χ1n) is 8.04. The molecule has 3 heterocycles. The molecule has 1 N–H and O–H groups in total. The molecule has 0 unspecified atom stereocenters. The van der Waals surface area contributed by atoms with Crippen LogP contribution in [-0.2, 0) is 13.1 Å². The Kier molecular flexibility index (Phi) is 5.27. The van der Waals surface area contributed by atoms with Crippen LogP contribution in [0.5, 0.6) is 0 Å². The molecule has 2 aromatic heterocycles. The maximum atomic E-state index is 12.4. The molecule has 0 atom stereocenters. The van der Waals surface area contributed by atoms with Gasteiger partial charge in [-0.3, -0.25) is 9.69 Å². The zero-order valence-electron chi connectivity index (χ0n) is 13.9. The van der Waals surface area contributed by atoms with Crippen LogP contribution in [0, 0.1) is 6.92 Å². The van der Waals surface area contributed by atoms with Crippen molar-refractivity contribution in [1.29, 1.82) is 0 Å². The second-order valence-corrected chi connectivity index (χ2v) is 7.17. The quantitative estimate of drug-likeness (QED) is 0.883. The third-order valence-corrected chi connectivity index (χ3v) is 5.05. The van der Waals surface area contributed by atoms with Gasteiger partial charge in [-0.05, 0) is 19.8 Å². The van der Waals surface area contributed by atoms with Crippen LogP contribution < -0.4 is 0 Å². The lowest BCUT2D eigenvalue weighted by atomic mass is 10.1. The van der Waals surface area contributed by atoms with Crippen LogP contribution in [0.15, 0.2) is 16.0 Å².